The van der Waals surface area contributed by atoms with Gasteiger partial charge < -0.3 is 21.1 Å². The highest BCUT2D eigenvalue weighted by Gasteiger charge is 2.40. The Kier molecular flexibility index (Phi) is 9.42. The summed E-state index contributed by atoms with van der Waals surface area (Å²) in [6.07, 6.45) is 0.546. The lowest BCUT2D eigenvalue weighted by Gasteiger charge is -2.39. The molecule has 2 aliphatic rings. The Morgan fingerprint density at radius 3 is 2.13 bits per heavy atom. The van der Waals surface area contributed by atoms with E-state index in [1.807, 2.05) is 12.1 Å². The summed E-state index contributed by atoms with van der Waals surface area (Å²) in [6.45, 7) is 0.327. The largest absolute Gasteiger partial charge is 0.490 e. The Bertz CT molecular complexity index is 1150. The molecule has 0 bridgehead atoms. The summed E-state index contributed by atoms with van der Waals surface area (Å²) in [5, 5.41) is 9.49. The van der Waals surface area contributed by atoms with Crippen molar-refractivity contribution in [2.75, 3.05) is 11.9 Å². The van der Waals surface area contributed by atoms with E-state index in [1.54, 1.807) is 12.1 Å². The number of carbonyl (C=O) groups excluding carboxylic acids is 2. The van der Waals surface area contributed by atoms with Crippen molar-refractivity contribution in [1.82, 2.24) is 4.90 Å². The van der Waals surface area contributed by atoms with Crippen LogP contribution in [0.5, 0.6) is 0 Å². The maximum atomic E-state index is 14.1. The van der Waals surface area contributed by atoms with E-state index in [9.17, 15) is 31.5 Å². The number of carboxylic acids is 1. The van der Waals surface area contributed by atoms with Gasteiger partial charge in [0.05, 0.1) is 6.04 Å². The summed E-state index contributed by atoms with van der Waals surface area (Å²) < 4.78 is 60.0. The van der Waals surface area contributed by atoms with Gasteiger partial charge in [-0.1, -0.05) is 49.6 Å². The van der Waals surface area contributed by atoms with Crippen LogP contribution in [0.25, 0.3) is 0 Å². The van der Waals surface area contributed by atoms with Crippen LogP contribution in [-0.4, -0.2) is 46.6 Å². The van der Waals surface area contributed by atoms with Gasteiger partial charge in [0.15, 0.2) is 0 Å². The highest BCUT2D eigenvalue weighted by molar-refractivity contribution is 5.99. The van der Waals surface area contributed by atoms with E-state index in [1.165, 1.54) is 11.0 Å². The lowest BCUT2D eigenvalue weighted by Crippen LogP contribution is -2.53. The van der Waals surface area contributed by atoms with Crippen molar-refractivity contribution in [3.63, 3.8) is 0 Å². The number of benzene rings is 2. The average molecular weight is 542 g/mol. The number of alkyl halides is 3. The number of nitrogens with zero attached hydrogens (tertiary/aromatic N) is 1. The molecule has 1 heterocycles. The number of fused-ring (bicyclic) bond motifs is 1. The first-order valence-electron chi connectivity index (χ1n) is 12.1. The minimum Gasteiger partial charge on any atom is -0.475 e. The number of amides is 2. The predicted molar refractivity (Wildman–Crippen MR) is 128 cm³/mol. The zero-order valence-corrected chi connectivity index (χ0v) is 20.3. The fourth-order valence-electron chi connectivity index (χ4n) is 4.78. The van der Waals surface area contributed by atoms with Crippen molar-refractivity contribution >= 4 is 23.5 Å². The molecule has 0 spiro atoms. The first-order chi connectivity index (χ1) is 17.9. The molecule has 2 atom stereocenters. The van der Waals surface area contributed by atoms with Crippen molar-refractivity contribution in [3.8, 4) is 0 Å². The predicted octanol–water partition coefficient (Wildman–Crippen LogP) is 4.57. The summed E-state index contributed by atoms with van der Waals surface area (Å²) in [5.41, 5.74) is 7.45. The number of halogens is 5. The first-order valence-corrected chi connectivity index (χ1v) is 12.1. The lowest BCUT2D eigenvalue weighted by molar-refractivity contribution is -0.192. The molecule has 1 aliphatic heterocycles. The maximum Gasteiger partial charge on any atom is 0.490 e. The highest BCUT2D eigenvalue weighted by atomic mass is 19.4. The molecule has 0 unspecified atom stereocenters. The number of carbonyl (C=O) groups is 3. The van der Waals surface area contributed by atoms with Crippen molar-refractivity contribution in [1.29, 1.82) is 0 Å². The monoisotopic (exact) mass is 541 g/mol. The molecule has 206 valence electrons. The van der Waals surface area contributed by atoms with Gasteiger partial charge in [-0.2, -0.15) is 13.2 Å². The molecule has 38 heavy (non-hydrogen) atoms. The Hall–Kier alpha value is -3.54. The third-order valence-electron chi connectivity index (χ3n) is 6.71. The van der Waals surface area contributed by atoms with Gasteiger partial charge in [0, 0.05) is 6.54 Å². The molecule has 1 fully saturated rings. The molecule has 1 saturated carbocycles. The standard InChI is InChI=1S/C24H27F2N3O2.C2HF3O2/c25-18-11-6-12-19(26)21(18)28-23(30)22-17-10-5-4-7-15(17)13-14-29(22)24(31)20(27)16-8-2-1-3-9-16;3-2(4,5)1(6)7/h4-7,10-12,16,20,22H,1-3,8-9,13-14,27H2,(H,28,30);(H,6,7)/t20-,22-;/m0./s1. The lowest BCUT2D eigenvalue weighted by atomic mass is 9.83. The minimum atomic E-state index is -5.08. The van der Waals surface area contributed by atoms with Crippen molar-refractivity contribution < 1.29 is 41.4 Å². The fraction of sp³-hybridized carbons (Fsp3) is 0.423. The molecule has 2 amide bonds. The quantitative estimate of drug-likeness (QED) is 0.491. The smallest absolute Gasteiger partial charge is 0.475 e. The summed E-state index contributed by atoms with van der Waals surface area (Å²) in [5.74, 6) is -5.34. The summed E-state index contributed by atoms with van der Waals surface area (Å²) in [4.78, 5) is 37.0. The molecule has 0 radical (unpaired) electrons. The number of hydrogen-bond donors (Lipinski definition) is 3. The van der Waals surface area contributed by atoms with Gasteiger partial charge in [0.2, 0.25) is 5.91 Å². The number of aliphatic carboxylic acids is 1. The van der Waals surface area contributed by atoms with E-state index in [0.29, 0.717) is 18.5 Å². The third kappa shape index (κ3) is 6.85. The summed E-state index contributed by atoms with van der Waals surface area (Å²) in [6, 6.07) is 9.05. The van der Waals surface area contributed by atoms with E-state index in [-0.39, 0.29) is 11.8 Å². The fourth-order valence-corrected chi connectivity index (χ4v) is 4.78. The van der Waals surface area contributed by atoms with E-state index in [2.05, 4.69) is 5.32 Å². The normalized spacial score (nSPS) is 18.5. The first kappa shape index (κ1) is 29.0. The van der Waals surface area contributed by atoms with Crippen molar-refractivity contribution in [3.05, 3.63) is 65.2 Å². The SMILES string of the molecule is N[C@H](C(=O)N1CCc2ccccc2[C@H]1C(=O)Nc1c(F)cccc1F)C1CCCCC1.O=C(O)C(F)(F)F. The van der Waals surface area contributed by atoms with Crippen LogP contribution in [0.15, 0.2) is 42.5 Å². The second kappa shape index (κ2) is 12.3. The van der Waals surface area contributed by atoms with Gasteiger partial charge in [-0.15, -0.1) is 0 Å². The van der Waals surface area contributed by atoms with Gasteiger partial charge in [-0.3, -0.25) is 9.59 Å². The number of anilines is 1. The molecule has 1 aliphatic carbocycles. The van der Waals surface area contributed by atoms with Crippen molar-refractivity contribution in [2.45, 2.75) is 56.8 Å². The van der Waals surface area contributed by atoms with Crippen LogP contribution in [0.4, 0.5) is 27.6 Å². The molecule has 0 saturated heterocycles. The number of nitrogens with two attached hydrogens (primary N) is 1. The maximum absolute atomic E-state index is 14.1. The van der Waals surface area contributed by atoms with Crippen LogP contribution in [0.2, 0.25) is 0 Å². The minimum absolute atomic E-state index is 0.0890. The number of rotatable bonds is 4. The second-order valence-corrected chi connectivity index (χ2v) is 9.20. The Labute approximate surface area is 215 Å². The second-order valence-electron chi connectivity index (χ2n) is 9.20. The number of nitrogens with one attached hydrogen (secondary N) is 1. The Morgan fingerprint density at radius 2 is 1.55 bits per heavy atom. The molecule has 2 aromatic rings. The topological polar surface area (TPSA) is 113 Å². The van der Waals surface area contributed by atoms with E-state index in [0.717, 1.165) is 49.8 Å². The Balaban J connectivity index is 0.000000505. The molecule has 12 heteroatoms. The van der Waals surface area contributed by atoms with E-state index >= 15 is 0 Å². The van der Waals surface area contributed by atoms with Crippen LogP contribution >= 0.6 is 0 Å². The van der Waals surface area contributed by atoms with Crippen LogP contribution in [0, 0.1) is 17.6 Å². The molecular formula is C26H28F5N3O4. The highest BCUT2D eigenvalue weighted by Crippen LogP contribution is 2.34. The molecular weight excluding hydrogens is 513 g/mol. The van der Waals surface area contributed by atoms with E-state index < -0.39 is 47.5 Å². The number of carboxylic acid groups (broad SMARTS) is 1. The van der Waals surface area contributed by atoms with Gasteiger partial charge >= 0.3 is 12.1 Å². The summed E-state index contributed by atoms with van der Waals surface area (Å²) >= 11 is 0. The summed E-state index contributed by atoms with van der Waals surface area (Å²) in [7, 11) is 0. The van der Waals surface area contributed by atoms with Crippen LogP contribution in [0.1, 0.15) is 49.3 Å². The number of para-hydroxylation sites is 1. The Morgan fingerprint density at radius 1 is 0.974 bits per heavy atom. The molecule has 2 aromatic carbocycles. The van der Waals surface area contributed by atoms with Crippen LogP contribution in [0.3, 0.4) is 0 Å². The molecule has 4 rings (SSSR count). The molecule has 4 N–H and O–H groups in total. The molecule has 0 aromatic heterocycles. The number of hydrogen-bond acceptors (Lipinski definition) is 4. The zero-order valence-electron chi connectivity index (χ0n) is 20.3. The van der Waals surface area contributed by atoms with Gasteiger partial charge in [0.1, 0.15) is 23.4 Å². The third-order valence-corrected chi connectivity index (χ3v) is 6.71. The van der Waals surface area contributed by atoms with Crippen LogP contribution in [-0.2, 0) is 20.8 Å². The van der Waals surface area contributed by atoms with Crippen LogP contribution < -0.4 is 11.1 Å². The van der Waals surface area contributed by atoms with Crippen molar-refractivity contribution in [2.24, 2.45) is 11.7 Å². The van der Waals surface area contributed by atoms with E-state index in [4.69, 9.17) is 15.6 Å². The van der Waals surface area contributed by atoms with Gasteiger partial charge in [-0.25, -0.2) is 13.6 Å². The average Bonchev–Trinajstić information content (AvgIpc) is 2.89. The molecule has 7 nitrogen and oxygen atoms in total. The van der Waals surface area contributed by atoms with Gasteiger partial charge in [-0.05, 0) is 48.4 Å². The zero-order chi connectivity index (χ0) is 28.0. The van der Waals surface area contributed by atoms with Gasteiger partial charge in [0.25, 0.3) is 5.91 Å².